The fourth-order valence-electron chi connectivity index (χ4n) is 4.38. The number of hydrogen-bond donors (Lipinski definition) is 1. The summed E-state index contributed by atoms with van der Waals surface area (Å²) < 4.78 is 11.1. The Morgan fingerprint density at radius 3 is 2.42 bits per heavy atom. The molecule has 1 amide bonds. The van der Waals surface area contributed by atoms with E-state index in [1.165, 1.54) is 19.1 Å². The molecule has 1 heterocycles. The second-order valence-corrected chi connectivity index (χ2v) is 7.99. The standard InChI is InChI=1S/C27H27NO5/c1-4-5-15-28-23(20-11-8-12-21(32-2)26(20)33-3)22(25(30)27(28)31)24(29)19-14-13-17-9-6-7-10-18(17)16-19/h6-14,16,23,29H,4-5,15H2,1-3H3/b24-22+. The van der Waals surface area contributed by atoms with Gasteiger partial charge in [0.2, 0.25) is 0 Å². The van der Waals surface area contributed by atoms with Gasteiger partial charge in [-0.15, -0.1) is 0 Å². The maximum absolute atomic E-state index is 13.2. The van der Waals surface area contributed by atoms with Crippen molar-refractivity contribution in [2.75, 3.05) is 20.8 Å². The Balaban J connectivity index is 1.94. The zero-order valence-corrected chi connectivity index (χ0v) is 19.0. The smallest absolute Gasteiger partial charge is 0.295 e. The molecule has 1 aliphatic rings. The van der Waals surface area contributed by atoms with Crippen molar-refractivity contribution in [1.82, 2.24) is 4.90 Å². The number of fused-ring (bicyclic) bond motifs is 1. The van der Waals surface area contributed by atoms with Gasteiger partial charge in [0.15, 0.2) is 11.5 Å². The van der Waals surface area contributed by atoms with Gasteiger partial charge in [-0.3, -0.25) is 9.59 Å². The fraction of sp³-hybridized carbons (Fsp3) is 0.259. The van der Waals surface area contributed by atoms with Gasteiger partial charge in [-0.1, -0.05) is 61.9 Å². The molecule has 1 fully saturated rings. The number of carbonyl (C=O) groups excluding carboxylic acids is 2. The van der Waals surface area contributed by atoms with Gasteiger partial charge in [0.1, 0.15) is 5.76 Å². The first kappa shape index (κ1) is 22.4. The van der Waals surface area contributed by atoms with Gasteiger partial charge in [-0.2, -0.15) is 0 Å². The van der Waals surface area contributed by atoms with Gasteiger partial charge in [0.05, 0.1) is 25.8 Å². The first-order chi connectivity index (χ1) is 16.0. The van der Waals surface area contributed by atoms with Gasteiger partial charge < -0.3 is 19.5 Å². The molecule has 0 aromatic heterocycles. The molecule has 6 heteroatoms. The molecule has 0 saturated carbocycles. The molecule has 3 aromatic rings. The number of nitrogens with zero attached hydrogens (tertiary/aromatic N) is 1. The molecular weight excluding hydrogens is 418 g/mol. The molecule has 4 rings (SSSR count). The molecule has 0 spiro atoms. The van der Waals surface area contributed by atoms with E-state index in [-0.39, 0.29) is 11.3 Å². The molecule has 1 saturated heterocycles. The third-order valence-corrected chi connectivity index (χ3v) is 6.04. The minimum Gasteiger partial charge on any atom is -0.507 e. The number of benzene rings is 3. The van der Waals surface area contributed by atoms with Crippen LogP contribution in [0.2, 0.25) is 0 Å². The van der Waals surface area contributed by atoms with Gasteiger partial charge in [0, 0.05) is 17.7 Å². The van der Waals surface area contributed by atoms with Gasteiger partial charge in [-0.25, -0.2) is 0 Å². The summed E-state index contributed by atoms with van der Waals surface area (Å²) in [7, 11) is 3.05. The number of hydrogen-bond acceptors (Lipinski definition) is 5. The second-order valence-electron chi connectivity index (χ2n) is 7.99. The highest BCUT2D eigenvalue weighted by atomic mass is 16.5. The van der Waals surface area contributed by atoms with Crippen molar-refractivity contribution in [3.8, 4) is 11.5 Å². The quantitative estimate of drug-likeness (QED) is 0.312. The van der Waals surface area contributed by atoms with E-state index < -0.39 is 17.7 Å². The number of rotatable bonds is 7. The summed E-state index contributed by atoms with van der Waals surface area (Å²) in [5.41, 5.74) is 1.13. The number of aliphatic hydroxyl groups excluding tert-OH is 1. The van der Waals surface area contributed by atoms with Crippen molar-refractivity contribution in [2.24, 2.45) is 0 Å². The van der Waals surface area contributed by atoms with Crippen LogP contribution in [0.25, 0.3) is 16.5 Å². The summed E-state index contributed by atoms with van der Waals surface area (Å²) in [5.74, 6) is -0.611. The Morgan fingerprint density at radius 1 is 0.970 bits per heavy atom. The summed E-state index contributed by atoms with van der Waals surface area (Å²) >= 11 is 0. The SMILES string of the molecule is CCCCN1C(=O)C(=O)/C(=C(/O)c2ccc3ccccc3c2)C1c1cccc(OC)c1OC. The minimum atomic E-state index is -0.784. The highest BCUT2D eigenvalue weighted by molar-refractivity contribution is 6.46. The monoisotopic (exact) mass is 445 g/mol. The second kappa shape index (κ2) is 9.36. The van der Waals surface area contributed by atoms with E-state index in [9.17, 15) is 14.7 Å². The van der Waals surface area contributed by atoms with E-state index in [4.69, 9.17) is 9.47 Å². The van der Waals surface area contributed by atoms with Gasteiger partial charge in [-0.05, 0) is 29.3 Å². The van der Waals surface area contributed by atoms with Crippen LogP contribution in [-0.4, -0.2) is 42.5 Å². The summed E-state index contributed by atoms with van der Waals surface area (Å²) in [6.07, 6.45) is 1.58. The van der Waals surface area contributed by atoms with E-state index in [0.29, 0.717) is 29.2 Å². The third kappa shape index (κ3) is 3.93. The Labute approximate surface area is 193 Å². The number of ketones is 1. The lowest BCUT2D eigenvalue weighted by atomic mass is 9.93. The average molecular weight is 446 g/mol. The molecular formula is C27H27NO5. The average Bonchev–Trinajstić information content (AvgIpc) is 3.10. The number of carbonyl (C=O) groups is 2. The lowest BCUT2D eigenvalue weighted by Gasteiger charge is -2.27. The molecule has 0 radical (unpaired) electrons. The number of aliphatic hydroxyl groups is 1. The zero-order valence-electron chi connectivity index (χ0n) is 19.0. The van der Waals surface area contributed by atoms with E-state index in [1.807, 2.05) is 43.3 Å². The first-order valence-corrected chi connectivity index (χ1v) is 11.0. The normalized spacial score (nSPS) is 17.5. The lowest BCUT2D eigenvalue weighted by Crippen LogP contribution is -2.30. The van der Waals surface area contributed by atoms with E-state index in [1.54, 1.807) is 24.3 Å². The van der Waals surface area contributed by atoms with Crippen LogP contribution in [0.4, 0.5) is 0 Å². The van der Waals surface area contributed by atoms with E-state index in [0.717, 1.165) is 23.6 Å². The van der Waals surface area contributed by atoms with Crippen LogP contribution in [0.1, 0.15) is 36.9 Å². The van der Waals surface area contributed by atoms with E-state index in [2.05, 4.69) is 0 Å². The van der Waals surface area contributed by atoms with Crippen LogP contribution in [-0.2, 0) is 9.59 Å². The molecule has 33 heavy (non-hydrogen) atoms. The summed E-state index contributed by atoms with van der Waals surface area (Å²) in [6, 6.07) is 17.8. The highest BCUT2D eigenvalue weighted by Gasteiger charge is 2.47. The maximum atomic E-state index is 13.2. The number of ether oxygens (including phenoxy) is 2. The predicted molar refractivity (Wildman–Crippen MR) is 127 cm³/mol. The van der Waals surface area contributed by atoms with Gasteiger partial charge in [0.25, 0.3) is 11.7 Å². The Morgan fingerprint density at radius 2 is 1.73 bits per heavy atom. The molecule has 170 valence electrons. The fourth-order valence-corrected chi connectivity index (χ4v) is 4.38. The van der Waals surface area contributed by atoms with Crippen molar-refractivity contribution in [3.05, 3.63) is 77.4 Å². The molecule has 1 N–H and O–H groups in total. The first-order valence-electron chi connectivity index (χ1n) is 11.0. The Kier molecular flexibility index (Phi) is 6.36. The number of Topliss-reactive ketones (excluding diaryl/α,β-unsaturated/α-hetero) is 1. The van der Waals surface area contributed by atoms with Gasteiger partial charge >= 0.3 is 0 Å². The maximum Gasteiger partial charge on any atom is 0.295 e. The topological polar surface area (TPSA) is 76.1 Å². The Bertz CT molecular complexity index is 1250. The third-order valence-electron chi connectivity index (χ3n) is 6.04. The highest BCUT2D eigenvalue weighted by Crippen LogP contribution is 2.45. The molecule has 3 aromatic carbocycles. The van der Waals surface area contributed by atoms with Crippen LogP contribution < -0.4 is 9.47 Å². The van der Waals surface area contributed by atoms with Crippen LogP contribution in [0.3, 0.4) is 0 Å². The summed E-state index contributed by atoms with van der Waals surface area (Å²) in [5, 5.41) is 13.3. The zero-order chi connectivity index (χ0) is 23.5. The van der Waals surface area contributed by atoms with Crippen molar-refractivity contribution >= 4 is 28.2 Å². The predicted octanol–water partition coefficient (Wildman–Crippen LogP) is 5.08. The van der Waals surface area contributed by atoms with Crippen molar-refractivity contribution < 1.29 is 24.2 Å². The van der Waals surface area contributed by atoms with Crippen molar-refractivity contribution in [3.63, 3.8) is 0 Å². The van der Waals surface area contributed by atoms with E-state index >= 15 is 0 Å². The van der Waals surface area contributed by atoms with Crippen LogP contribution in [0.15, 0.2) is 66.2 Å². The lowest BCUT2D eigenvalue weighted by molar-refractivity contribution is -0.139. The number of para-hydroxylation sites is 1. The van der Waals surface area contributed by atoms with Crippen molar-refractivity contribution in [2.45, 2.75) is 25.8 Å². The number of likely N-dealkylation sites (tertiary alicyclic amines) is 1. The minimum absolute atomic E-state index is 0.0536. The summed E-state index contributed by atoms with van der Waals surface area (Å²) in [4.78, 5) is 27.8. The Hall–Kier alpha value is -3.80. The molecule has 0 bridgehead atoms. The van der Waals surface area contributed by atoms with Crippen molar-refractivity contribution in [1.29, 1.82) is 0 Å². The van der Waals surface area contributed by atoms with Crippen LogP contribution in [0.5, 0.6) is 11.5 Å². The van der Waals surface area contributed by atoms with Crippen LogP contribution in [0, 0.1) is 0 Å². The molecule has 0 aliphatic carbocycles. The molecule has 1 unspecified atom stereocenters. The molecule has 6 nitrogen and oxygen atoms in total. The number of unbranched alkanes of at least 4 members (excludes halogenated alkanes) is 1. The van der Waals surface area contributed by atoms with Crippen LogP contribution >= 0.6 is 0 Å². The number of methoxy groups -OCH3 is 2. The molecule has 1 atom stereocenters. The largest absolute Gasteiger partial charge is 0.507 e. The number of amides is 1. The molecule has 1 aliphatic heterocycles. The summed E-state index contributed by atoms with van der Waals surface area (Å²) in [6.45, 7) is 2.41.